The van der Waals surface area contributed by atoms with E-state index in [1.807, 2.05) is 20.3 Å². The molecule has 0 aliphatic heterocycles. The van der Waals surface area contributed by atoms with Crippen LogP contribution < -0.4 is 4.90 Å². The van der Waals surface area contributed by atoms with Gasteiger partial charge in [-0.05, 0) is 65.8 Å². The lowest BCUT2D eigenvalue weighted by molar-refractivity contribution is 0.432. The number of anilines is 1. The van der Waals surface area contributed by atoms with Crippen molar-refractivity contribution in [2.75, 3.05) is 19.0 Å². The topological polar surface area (TPSA) is 29.3 Å². The van der Waals surface area contributed by atoms with Gasteiger partial charge >= 0.3 is 0 Å². The van der Waals surface area contributed by atoms with E-state index in [9.17, 15) is 0 Å². The smallest absolute Gasteiger partial charge is 0.174 e. The zero-order valence-electron chi connectivity index (χ0n) is 16.5. The predicted molar refractivity (Wildman–Crippen MR) is 110 cm³/mol. The molecule has 0 amide bonds. The maximum Gasteiger partial charge on any atom is 0.174 e. The number of hydrogen-bond donors (Lipinski definition) is 0. The summed E-state index contributed by atoms with van der Waals surface area (Å²) in [6, 6.07) is 13.1. The van der Waals surface area contributed by atoms with E-state index in [0.29, 0.717) is 0 Å². The molecule has 2 aromatic carbocycles. The summed E-state index contributed by atoms with van der Waals surface area (Å²) < 4.78 is 5.69. The third-order valence-corrected chi connectivity index (χ3v) is 5.08. The van der Waals surface area contributed by atoms with Crippen molar-refractivity contribution in [3.05, 3.63) is 59.3 Å². The fourth-order valence-electron chi connectivity index (χ4n) is 3.61. The van der Waals surface area contributed by atoms with Crippen LogP contribution in [0.5, 0.6) is 0 Å². The first-order chi connectivity index (χ1) is 12.6. The highest BCUT2D eigenvalue weighted by Gasteiger charge is 2.16. The molecule has 0 unspecified atom stereocenters. The normalized spacial score (nSPS) is 11.0. The molecule has 0 aliphatic rings. The van der Waals surface area contributed by atoms with Crippen LogP contribution in [-0.4, -0.2) is 19.3 Å². The first kappa shape index (κ1) is 18.2. The Balaban J connectivity index is 2.08. The Labute approximate surface area is 156 Å². The Kier molecular flexibility index (Phi) is 5.46. The maximum absolute atomic E-state index is 5.69. The number of aryl methyl sites for hydroxylation is 2. The quantitative estimate of drug-likeness (QED) is 0.567. The van der Waals surface area contributed by atoms with Crippen molar-refractivity contribution >= 4 is 5.69 Å². The molecule has 0 atom stereocenters. The molecular weight excluding hydrogens is 320 g/mol. The molecule has 1 heterocycles. The van der Waals surface area contributed by atoms with Gasteiger partial charge in [-0.15, -0.1) is 0 Å². The zero-order chi connectivity index (χ0) is 18.7. The van der Waals surface area contributed by atoms with Gasteiger partial charge in [0, 0.05) is 30.9 Å². The number of aromatic nitrogens is 1. The van der Waals surface area contributed by atoms with Gasteiger partial charge in [-0.2, -0.15) is 0 Å². The Hall–Kier alpha value is -2.55. The molecule has 26 heavy (non-hydrogen) atoms. The van der Waals surface area contributed by atoms with E-state index in [4.69, 9.17) is 4.52 Å². The van der Waals surface area contributed by atoms with Gasteiger partial charge in [-0.25, -0.2) is 0 Å². The third-order valence-electron chi connectivity index (χ3n) is 5.08. The summed E-state index contributed by atoms with van der Waals surface area (Å²) in [5.41, 5.74) is 8.78. The monoisotopic (exact) mass is 348 g/mol. The van der Waals surface area contributed by atoms with Crippen LogP contribution in [0.1, 0.15) is 37.5 Å². The first-order valence-electron chi connectivity index (χ1n) is 9.46. The molecule has 136 valence electrons. The Morgan fingerprint density at radius 1 is 0.846 bits per heavy atom. The van der Waals surface area contributed by atoms with Gasteiger partial charge in [0.1, 0.15) is 0 Å². The minimum absolute atomic E-state index is 0.856. The molecule has 0 N–H and O–H groups in total. The molecule has 0 radical (unpaired) electrons. The highest BCUT2D eigenvalue weighted by Crippen LogP contribution is 2.35. The van der Waals surface area contributed by atoms with Gasteiger partial charge in [0.25, 0.3) is 0 Å². The fourth-order valence-corrected chi connectivity index (χ4v) is 3.61. The molecule has 0 aliphatic carbocycles. The molecule has 3 heteroatoms. The summed E-state index contributed by atoms with van der Waals surface area (Å²) in [5.74, 6) is 0.856. The lowest BCUT2D eigenvalue weighted by atomic mass is 9.91. The van der Waals surface area contributed by atoms with Crippen molar-refractivity contribution < 1.29 is 4.52 Å². The van der Waals surface area contributed by atoms with Crippen LogP contribution in [0.15, 0.2) is 47.1 Å². The van der Waals surface area contributed by atoms with Crippen molar-refractivity contribution in [1.29, 1.82) is 0 Å². The Bertz CT molecular complexity index is 850. The van der Waals surface area contributed by atoms with E-state index in [0.717, 1.165) is 41.7 Å². The van der Waals surface area contributed by atoms with Gasteiger partial charge in [-0.3, -0.25) is 0 Å². The van der Waals surface area contributed by atoms with E-state index in [-0.39, 0.29) is 0 Å². The minimum atomic E-state index is 0.856. The second kappa shape index (κ2) is 7.77. The molecule has 3 rings (SSSR count). The summed E-state index contributed by atoms with van der Waals surface area (Å²) in [5, 5.41) is 4.10. The van der Waals surface area contributed by atoms with E-state index in [1.165, 1.54) is 22.4 Å². The van der Waals surface area contributed by atoms with Crippen LogP contribution >= 0.6 is 0 Å². The van der Waals surface area contributed by atoms with E-state index in [2.05, 4.69) is 67.2 Å². The summed E-state index contributed by atoms with van der Waals surface area (Å²) in [7, 11) is 4.10. The van der Waals surface area contributed by atoms with Gasteiger partial charge in [0.05, 0.1) is 6.20 Å². The van der Waals surface area contributed by atoms with Crippen molar-refractivity contribution in [3.63, 3.8) is 0 Å². The summed E-state index contributed by atoms with van der Waals surface area (Å²) >= 11 is 0. The van der Waals surface area contributed by atoms with E-state index >= 15 is 0 Å². The van der Waals surface area contributed by atoms with Crippen LogP contribution in [0.25, 0.3) is 22.5 Å². The van der Waals surface area contributed by atoms with Crippen LogP contribution in [0.3, 0.4) is 0 Å². The molecule has 0 saturated carbocycles. The maximum atomic E-state index is 5.69. The van der Waals surface area contributed by atoms with Gasteiger partial charge in [0.2, 0.25) is 0 Å². The standard InChI is InChI=1S/C23H28N2O/c1-6-16-13-19(14-17(7-2)21(16)8-3)23-22(15-24-26-23)18-9-11-20(12-10-18)25(4)5/h9-15H,6-8H2,1-5H3. The largest absolute Gasteiger partial charge is 0.378 e. The number of hydrogen-bond acceptors (Lipinski definition) is 3. The van der Waals surface area contributed by atoms with Crippen LogP contribution in [0.2, 0.25) is 0 Å². The molecule has 3 nitrogen and oxygen atoms in total. The minimum Gasteiger partial charge on any atom is -0.378 e. The number of nitrogens with zero attached hydrogens (tertiary/aromatic N) is 2. The average Bonchev–Trinajstić information content (AvgIpc) is 3.16. The predicted octanol–water partition coefficient (Wildman–Crippen LogP) is 5.76. The van der Waals surface area contributed by atoms with Gasteiger partial charge in [-0.1, -0.05) is 38.1 Å². The number of benzene rings is 2. The van der Waals surface area contributed by atoms with Crippen molar-refractivity contribution in [2.24, 2.45) is 0 Å². The van der Waals surface area contributed by atoms with Gasteiger partial charge in [0.15, 0.2) is 5.76 Å². The fraction of sp³-hybridized carbons (Fsp3) is 0.348. The van der Waals surface area contributed by atoms with Crippen LogP contribution in [-0.2, 0) is 19.3 Å². The zero-order valence-corrected chi connectivity index (χ0v) is 16.5. The molecule has 0 bridgehead atoms. The lowest BCUT2D eigenvalue weighted by Crippen LogP contribution is -2.07. The van der Waals surface area contributed by atoms with E-state index < -0.39 is 0 Å². The van der Waals surface area contributed by atoms with Crippen molar-refractivity contribution in [1.82, 2.24) is 5.16 Å². The van der Waals surface area contributed by atoms with Crippen LogP contribution in [0, 0.1) is 0 Å². The second-order valence-electron chi connectivity index (χ2n) is 6.84. The van der Waals surface area contributed by atoms with Crippen molar-refractivity contribution in [2.45, 2.75) is 40.0 Å². The van der Waals surface area contributed by atoms with Crippen molar-refractivity contribution in [3.8, 4) is 22.5 Å². The Morgan fingerprint density at radius 2 is 1.46 bits per heavy atom. The van der Waals surface area contributed by atoms with E-state index in [1.54, 1.807) is 0 Å². The first-order valence-corrected chi connectivity index (χ1v) is 9.46. The lowest BCUT2D eigenvalue weighted by Gasteiger charge is -2.15. The molecule has 0 saturated heterocycles. The third kappa shape index (κ3) is 3.39. The summed E-state index contributed by atoms with van der Waals surface area (Å²) in [6.45, 7) is 6.68. The average molecular weight is 348 g/mol. The molecule has 0 spiro atoms. The Morgan fingerprint density at radius 3 is 1.96 bits per heavy atom. The van der Waals surface area contributed by atoms with Gasteiger partial charge < -0.3 is 9.42 Å². The molecule has 0 fully saturated rings. The highest BCUT2D eigenvalue weighted by molar-refractivity contribution is 5.80. The molecule has 1 aromatic heterocycles. The van der Waals surface area contributed by atoms with Crippen LogP contribution in [0.4, 0.5) is 5.69 Å². The number of rotatable bonds is 6. The SMILES string of the molecule is CCc1cc(-c2oncc2-c2ccc(N(C)C)cc2)cc(CC)c1CC. The second-order valence-corrected chi connectivity index (χ2v) is 6.84. The summed E-state index contributed by atoms with van der Waals surface area (Å²) in [4.78, 5) is 2.10. The highest BCUT2D eigenvalue weighted by atomic mass is 16.5. The molecular formula is C23H28N2O. The molecule has 3 aromatic rings. The summed E-state index contributed by atoms with van der Waals surface area (Å²) in [6.07, 6.45) is 4.96.